The van der Waals surface area contributed by atoms with Crippen molar-refractivity contribution in [3.63, 3.8) is 0 Å². The SMILES string of the molecule is Cc1ccc(Sc2ccc(NC(=O)C3CCN(S(=O)(=O)c4cccnc4)CC3)cc2)cc1C. The molecule has 0 bridgehead atoms. The topological polar surface area (TPSA) is 79.4 Å². The molecule has 0 spiro atoms. The summed E-state index contributed by atoms with van der Waals surface area (Å²) < 4.78 is 26.9. The molecule has 0 atom stereocenters. The Hall–Kier alpha value is -2.68. The van der Waals surface area contributed by atoms with Gasteiger partial charge in [0.15, 0.2) is 0 Å². The molecule has 0 saturated carbocycles. The van der Waals surface area contributed by atoms with Crippen molar-refractivity contribution in [1.82, 2.24) is 9.29 Å². The van der Waals surface area contributed by atoms with Gasteiger partial charge in [0.1, 0.15) is 4.90 Å². The van der Waals surface area contributed by atoms with Gasteiger partial charge in [-0.15, -0.1) is 0 Å². The Morgan fingerprint density at radius 2 is 1.70 bits per heavy atom. The van der Waals surface area contributed by atoms with Gasteiger partial charge < -0.3 is 5.32 Å². The first-order valence-electron chi connectivity index (χ1n) is 10.9. The van der Waals surface area contributed by atoms with E-state index in [0.29, 0.717) is 25.9 Å². The summed E-state index contributed by atoms with van der Waals surface area (Å²) in [7, 11) is -3.57. The lowest BCUT2D eigenvalue weighted by Gasteiger charge is -2.30. The van der Waals surface area contributed by atoms with Crippen LogP contribution in [-0.2, 0) is 14.8 Å². The van der Waals surface area contributed by atoms with Crippen molar-refractivity contribution in [3.8, 4) is 0 Å². The number of hydrogen-bond acceptors (Lipinski definition) is 5. The molecular weight excluding hydrogens is 454 g/mol. The summed E-state index contributed by atoms with van der Waals surface area (Å²) in [6, 6.07) is 17.4. The van der Waals surface area contributed by atoms with Crippen LogP contribution in [0.4, 0.5) is 5.69 Å². The normalized spacial score (nSPS) is 15.3. The molecule has 3 aromatic rings. The lowest BCUT2D eigenvalue weighted by atomic mass is 9.97. The number of carbonyl (C=O) groups excluding carboxylic acids is 1. The summed E-state index contributed by atoms with van der Waals surface area (Å²) in [5.41, 5.74) is 3.29. The van der Waals surface area contributed by atoms with Gasteiger partial charge in [-0.05, 0) is 86.3 Å². The molecule has 0 radical (unpaired) electrons. The Morgan fingerprint density at radius 3 is 2.33 bits per heavy atom. The number of aromatic nitrogens is 1. The van der Waals surface area contributed by atoms with Crippen molar-refractivity contribution >= 4 is 33.4 Å². The molecule has 1 fully saturated rings. The minimum absolute atomic E-state index is 0.0667. The zero-order valence-electron chi connectivity index (χ0n) is 18.7. The first-order chi connectivity index (χ1) is 15.8. The van der Waals surface area contributed by atoms with Gasteiger partial charge in [-0.3, -0.25) is 9.78 Å². The second-order valence-electron chi connectivity index (χ2n) is 8.23. The Labute approximate surface area is 199 Å². The van der Waals surface area contributed by atoms with E-state index in [9.17, 15) is 13.2 Å². The fourth-order valence-electron chi connectivity index (χ4n) is 3.77. The van der Waals surface area contributed by atoms with Crippen LogP contribution in [0, 0.1) is 19.8 Å². The van der Waals surface area contributed by atoms with Crippen LogP contribution < -0.4 is 5.32 Å². The maximum atomic E-state index is 12.7. The summed E-state index contributed by atoms with van der Waals surface area (Å²) in [6.07, 6.45) is 3.89. The van der Waals surface area contributed by atoms with Crippen molar-refractivity contribution < 1.29 is 13.2 Å². The molecule has 172 valence electrons. The fraction of sp³-hybridized carbons (Fsp3) is 0.280. The quantitative estimate of drug-likeness (QED) is 0.542. The third-order valence-electron chi connectivity index (χ3n) is 5.93. The van der Waals surface area contributed by atoms with E-state index in [4.69, 9.17) is 0 Å². The Kier molecular flexibility index (Phi) is 7.17. The number of pyridine rings is 1. The number of piperidine rings is 1. The zero-order chi connectivity index (χ0) is 23.4. The molecule has 1 saturated heterocycles. The third kappa shape index (κ3) is 5.63. The largest absolute Gasteiger partial charge is 0.326 e. The number of sulfonamides is 1. The fourth-order valence-corrected chi connectivity index (χ4v) is 6.12. The molecule has 1 aliphatic rings. The molecule has 4 rings (SSSR count). The van der Waals surface area contributed by atoms with Crippen LogP contribution in [0.15, 0.2) is 81.7 Å². The molecular formula is C25H27N3O3S2. The Balaban J connectivity index is 1.31. The summed E-state index contributed by atoms with van der Waals surface area (Å²) in [5.74, 6) is -0.280. The number of carbonyl (C=O) groups is 1. The van der Waals surface area contributed by atoms with E-state index in [2.05, 4.69) is 42.3 Å². The molecule has 2 heterocycles. The minimum Gasteiger partial charge on any atom is -0.326 e. The van der Waals surface area contributed by atoms with Gasteiger partial charge in [0.25, 0.3) is 0 Å². The first-order valence-corrected chi connectivity index (χ1v) is 13.1. The molecule has 8 heteroatoms. The zero-order valence-corrected chi connectivity index (χ0v) is 20.3. The highest BCUT2D eigenvalue weighted by Gasteiger charge is 2.32. The lowest BCUT2D eigenvalue weighted by Crippen LogP contribution is -2.41. The van der Waals surface area contributed by atoms with Crippen LogP contribution in [0.5, 0.6) is 0 Å². The molecule has 0 aliphatic carbocycles. The molecule has 6 nitrogen and oxygen atoms in total. The highest BCUT2D eigenvalue weighted by atomic mass is 32.2. The van der Waals surface area contributed by atoms with Crippen LogP contribution in [0.25, 0.3) is 0 Å². The summed E-state index contributed by atoms with van der Waals surface area (Å²) in [4.78, 5) is 19.1. The van der Waals surface area contributed by atoms with Gasteiger partial charge in [-0.25, -0.2) is 8.42 Å². The number of nitrogens with zero attached hydrogens (tertiary/aromatic N) is 2. The van der Waals surface area contributed by atoms with Crippen LogP contribution in [0.2, 0.25) is 0 Å². The molecule has 2 aromatic carbocycles. The summed E-state index contributed by atoms with van der Waals surface area (Å²) >= 11 is 1.69. The van der Waals surface area contributed by atoms with Crippen molar-refractivity contribution in [1.29, 1.82) is 0 Å². The monoisotopic (exact) mass is 481 g/mol. The predicted octanol–water partition coefficient (Wildman–Crippen LogP) is 4.89. The van der Waals surface area contributed by atoms with Crippen molar-refractivity contribution in [2.75, 3.05) is 18.4 Å². The summed E-state index contributed by atoms with van der Waals surface area (Å²) in [5, 5.41) is 2.98. The lowest BCUT2D eigenvalue weighted by molar-refractivity contribution is -0.120. The molecule has 1 aliphatic heterocycles. The van der Waals surface area contributed by atoms with Crippen LogP contribution in [-0.4, -0.2) is 36.7 Å². The van der Waals surface area contributed by atoms with E-state index in [1.54, 1.807) is 30.1 Å². The van der Waals surface area contributed by atoms with E-state index in [0.717, 1.165) is 10.6 Å². The Morgan fingerprint density at radius 1 is 1.00 bits per heavy atom. The van der Waals surface area contributed by atoms with Crippen LogP contribution in [0.3, 0.4) is 0 Å². The number of hydrogen-bond donors (Lipinski definition) is 1. The number of rotatable bonds is 6. The summed E-state index contributed by atoms with van der Waals surface area (Å²) in [6.45, 7) is 4.85. The molecule has 0 unspecified atom stereocenters. The van der Waals surface area contributed by atoms with E-state index in [-0.39, 0.29) is 16.7 Å². The van der Waals surface area contributed by atoms with Crippen molar-refractivity contribution in [3.05, 3.63) is 78.1 Å². The van der Waals surface area contributed by atoms with E-state index < -0.39 is 10.0 Å². The highest BCUT2D eigenvalue weighted by Crippen LogP contribution is 2.30. The van der Waals surface area contributed by atoms with Gasteiger partial charge in [-0.1, -0.05) is 17.8 Å². The highest BCUT2D eigenvalue weighted by molar-refractivity contribution is 7.99. The van der Waals surface area contributed by atoms with Crippen LogP contribution >= 0.6 is 11.8 Å². The van der Waals surface area contributed by atoms with Crippen molar-refractivity contribution in [2.24, 2.45) is 5.92 Å². The second kappa shape index (κ2) is 10.1. The second-order valence-corrected chi connectivity index (χ2v) is 11.3. The molecule has 1 N–H and O–H groups in total. The van der Waals surface area contributed by atoms with Gasteiger partial charge in [0, 0.05) is 46.9 Å². The molecule has 33 heavy (non-hydrogen) atoms. The number of amides is 1. The number of benzene rings is 2. The number of nitrogens with one attached hydrogen (secondary N) is 1. The Bertz CT molecular complexity index is 1220. The standard InChI is InChI=1S/C25H27N3O3S2/c1-18-5-8-23(16-19(18)2)32-22-9-6-21(7-10-22)27-25(29)20-11-14-28(15-12-20)33(30,31)24-4-3-13-26-17-24/h3-10,13,16-17,20H,11-12,14-15H2,1-2H3,(H,27,29). The van der Waals surface area contributed by atoms with Gasteiger partial charge >= 0.3 is 0 Å². The van der Waals surface area contributed by atoms with E-state index in [1.165, 1.54) is 26.5 Å². The van der Waals surface area contributed by atoms with Crippen LogP contribution in [0.1, 0.15) is 24.0 Å². The third-order valence-corrected chi connectivity index (χ3v) is 8.81. The number of anilines is 1. The van der Waals surface area contributed by atoms with Crippen molar-refractivity contribution in [2.45, 2.75) is 41.4 Å². The maximum absolute atomic E-state index is 12.7. The first kappa shape index (κ1) is 23.5. The predicted molar refractivity (Wildman–Crippen MR) is 131 cm³/mol. The number of aryl methyl sites for hydroxylation is 2. The maximum Gasteiger partial charge on any atom is 0.244 e. The molecule has 1 aromatic heterocycles. The van der Waals surface area contributed by atoms with Gasteiger partial charge in [0.05, 0.1) is 0 Å². The van der Waals surface area contributed by atoms with E-state index >= 15 is 0 Å². The van der Waals surface area contributed by atoms with Gasteiger partial charge in [-0.2, -0.15) is 4.31 Å². The smallest absolute Gasteiger partial charge is 0.244 e. The van der Waals surface area contributed by atoms with Gasteiger partial charge in [0.2, 0.25) is 15.9 Å². The molecule has 1 amide bonds. The van der Waals surface area contributed by atoms with E-state index in [1.807, 2.05) is 24.3 Å². The minimum atomic E-state index is -3.57. The average Bonchev–Trinajstić information content (AvgIpc) is 2.83. The average molecular weight is 482 g/mol.